The summed E-state index contributed by atoms with van der Waals surface area (Å²) in [5, 5.41) is 6.67. The highest BCUT2D eigenvalue weighted by Gasteiger charge is 2.20. The smallest absolute Gasteiger partial charge is 0.195 e. The molecule has 2 aromatic carbocycles. The fourth-order valence-electron chi connectivity index (χ4n) is 2.53. The molecule has 0 bridgehead atoms. The van der Waals surface area contributed by atoms with Crippen molar-refractivity contribution >= 4 is 11.6 Å². The summed E-state index contributed by atoms with van der Waals surface area (Å²) in [7, 11) is 5.00. The second kappa shape index (κ2) is 8.42. The zero-order chi connectivity index (χ0) is 18.3. The molecule has 0 unspecified atom stereocenters. The summed E-state index contributed by atoms with van der Waals surface area (Å²) in [6, 6.07) is 16.1. The molecule has 5 nitrogen and oxygen atoms in total. The average Bonchev–Trinajstić information content (AvgIpc) is 2.65. The Balaban J connectivity index is 2.04. The van der Waals surface area contributed by atoms with Gasteiger partial charge in [-0.2, -0.15) is 0 Å². The Hall–Kier alpha value is -2.69. The quantitative estimate of drug-likeness (QED) is 0.622. The minimum atomic E-state index is -0.0174. The van der Waals surface area contributed by atoms with E-state index in [2.05, 4.69) is 53.7 Å². The van der Waals surface area contributed by atoms with Crippen molar-refractivity contribution in [2.24, 2.45) is 4.99 Å². The maximum absolute atomic E-state index is 5.34. The average molecular weight is 341 g/mol. The van der Waals surface area contributed by atoms with E-state index in [1.54, 1.807) is 21.3 Å². The molecule has 0 saturated heterocycles. The van der Waals surface area contributed by atoms with E-state index in [1.165, 1.54) is 5.56 Å². The molecule has 0 aliphatic carbocycles. The highest BCUT2D eigenvalue weighted by molar-refractivity contribution is 5.93. The molecule has 0 saturated carbocycles. The van der Waals surface area contributed by atoms with Gasteiger partial charge in [0.1, 0.15) is 0 Å². The second-order valence-electron chi connectivity index (χ2n) is 6.37. The predicted octanol–water partition coefficient (Wildman–Crippen LogP) is 3.67. The van der Waals surface area contributed by atoms with Crippen LogP contribution in [0.15, 0.2) is 53.5 Å². The number of hydrogen-bond donors (Lipinski definition) is 2. The summed E-state index contributed by atoms with van der Waals surface area (Å²) in [5.74, 6) is 2.07. The molecule has 5 heteroatoms. The molecule has 0 amide bonds. The van der Waals surface area contributed by atoms with Crippen LogP contribution in [0.2, 0.25) is 0 Å². The van der Waals surface area contributed by atoms with Crippen LogP contribution in [0, 0.1) is 0 Å². The molecule has 0 atom stereocenters. The molecule has 2 aromatic rings. The first-order chi connectivity index (χ1) is 12.0. The Labute approximate surface area is 150 Å². The topological polar surface area (TPSA) is 54.9 Å². The number of guanidine groups is 1. The van der Waals surface area contributed by atoms with E-state index in [0.717, 1.165) is 12.2 Å². The van der Waals surface area contributed by atoms with Crippen molar-refractivity contribution in [3.05, 3.63) is 54.1 Å². The first-order valence-electron chi connectivity index (χ1n) is 8.25. The molecule has 0 fully saturated rings. The number of rotatable bonds is 6. The van der Waals surface area contributed by atoms with Gasteiger partial charge in [0.25, 0.3) is 0 Å². The van der Waals surface area contributed by atoms with Gasteiger partial charge in [0.15, 0.2) is 17.5 Å². The van der Waals surface area contributed by atoms with Gasteiger partial charge in [-0.05, 0) is 17.7 Å². The minimum Gasteiger partial charge on any atom is -0.493 e. The van der Waals surface area contributed by atoms with Crippen LogP contribution >= 0.6 is 0 Å². The number of nitrogens with one attached hydrogen (secondary N) is 2. The standard InChI is InChI=1S/C20H27N3O2/c1-20(2,15-9-7-6-8-10-15)14-22-19(21-3)23-16-11-12-17(24-4)18(13-16)25-5/h6-13H,14H2,1-5H3,(H2,21,22,23). The Morgan fingerprint density at radius 1 is 1.00 bits per heavy atom. The van der Waals surface area contributed by atoms with Crippen LogP contribution in [-0.4, -0.2) is 33.8 Å². The predicted molar refractivity (Wildman–Crippen MR) is 104 cm³/mol. The summed E-state index contributed by atoms with van der Waals surface area (Å²) in [5.41, 5.74) is 2.14. The van der Waals surface area contributed by atoms with Gasteiger partial charge in [-0.1, -0.05) is 44.2 Å². The summed E-state index contributed by atoms with van der Waals surface area (Å²) in [6.45, 7) is 5.17. The highest BCUT2D eigenvalue weighted by atomic mass is 16.5. The number of anilines is 1. The van der Waals surface area contributed by atoms with E-state index in [4.69, 9.17) is 9.47 Å². The van der Waals surface area contributed by atoms with Gasteiger partial charge in [-0.15, -0.1) is 0 Å². The zero-order valence-corrected chi connectivity index (χ0v) is 15.6. The first kappa shape index (κ1) is 18.6. The number of nitrogens with zero attached hydrogens (tertiary/aromatic N) is 1. The van der Waals surface area contributed by atoms with E-state index >= 15 is 0 Å². The van der Waals surface area contributed by atoms with Crippen LogP contribution in [0.1, 0.15) is 19.4 Å². The lowest BCUT2D eigenvalue weighted by molar-refractivity contribution is 0.355. The van der Waals surface area contributed by atoms with E-state index in [9.17, 15) is 0 Å². The van der Waals surface area contributed by atoms with Gasteiger partial charge in [-0.3, -0.25) is 4.99 Å². The van der Waals surface area contributed by atoms with Crippen molar-refractivity contribution < 1.29 is 9.47 Å². The van der Waals surface area contributed by atoms with Crippen LogP contribution in [0.4, 0.5) is 5.69 Å². The van der Waals surface area contributed by atoms with Crippen molar-refractivity contribution in [2.75, 3.05) is 33.1 Å². The lowest BCUT2D eigenvalue weighted by Crippen LogP contribution is -2.39. The maximum Gasteiger partial charge on any atom is 0.195 e. The molecule has 0 heterocycles. The van der Waals surface area contributed by atoms with Crippen LogP contribution in [-0.2, 0) is 5.41 Å². The Morgan fingerprint density at radius 2 is 1.68 bits per heavy atom. The van der Waals surface area contributed by atoms with Crippen molar-refractivity contribution in [1.29, 1.82) is 0 Å². The highest BCUT2D eigenvalue weighted by Crippen LogP contribution is 2.29. The SMILES string of the molecule is CN=C(NCC(C)(C)c1ccccc1)Nc1ccc(OC)c(OC)c1. The van der Waals surface area contributed by atoms with Crippen molar-refractivity contribution in [3.63, 3.8) is 0 Å². The van der Waals surface area contributed by atoms with E-state index in [0.29, 0.717) is 17.5 Å². The fourth-order valence-corrected chi connectivity index (χ4v) is 2.53. The molecule has 134 valence electrons. The largest absolute Gasteiger partial charge is 0.493 e. The summed E-state index contributed by atoms with van der Waals surface area (Å²) in [6.07, 6.45) is 0. The van der Waals surface area contributed by atoms with Gasteiger partial charge < -0.3 is 20.1 Å². The van der Waals surface area contributed by atoms with Crippen LogP contribution in [0.25, 0.3) is 0 Å². The molecular formula is C20H27N3O2. The molecule has 2 rings (SSSR count). The van der Waals surface area contributed by atoms with Crippen molar-refractivity contribution in [1.82, 2.24) is 5.32 Å². The minimum absolute atomic E-state index is 0.0174. The van der Waals surface area contributed by atoms with Crippen LogP contribution in [0.5, 0.6) is 11.5 Å². The van der Waals surface area contributed by atoms with Gasteiger partial charge in [0.05, 0.1) is 14.2 Å². The number of hydrogen-bond acceptors (Lipinski definition) is 3. The Morgan fingerprint density at radius 3 is 2.28 bits per heavy atom. The Kier molecular flexibility index (Phi) is 6.28. The molecule has 2 N–H and O–H groups in total. The third-order valence-electron chi connectivity index (χ3n) is 4.12. The Bertz CT molecular complexity index is 712. The van der Waals surface area contributed by atoms with E-state index < -0.39 is 0 Å². The summed E-state index contributed by atoms with van der Waals surface area (Å²) in [4.78, 5) is 4.30. The molecule has 0 spiro atoms. The monoisotopic (exact) mass is 341 g/mol. The zero-order valence-electron chi connectivity index (χ0n) is 15.6. The first-order valence-corrected chi connectivity index (χ1v) is 8.25. The summed E-state index contributed by atoms with van der Waals surface area (Å²) >= 11 is 0. The van der Waals surface area contributed by atoms with E-state index in [-0.39, 0.29) is 5.41 Å². The molecule has 25 heavy (non-hydrogen) atoms. The molecular weight excluding hydrogens is 314 g/mol. The lowest BCUT2D eigenvalue weighted by Gasteiger charge is -2.26. The molecule has 0 aromatic heterocycles. The van der Waals surface area contributed by atoms with Gasteiger partial charge in [0.2, 0.25) is 0 Å². The van der Waals surface area contributed by atoms with Crippen LogP contribution in [0.3, 0.4) is 0 Å². The normalized spacial score (nSPS) is 11.8. The maximum atomic E-state index is 5.34. The van der Waals surface area contributed by atoms with Crippen LogP contribution < -0.4 is 20.1 Å². The fraction of sp³-hybridized carbons (Fsp3) is 0.350. The molecule has 0 radical (unpaired) electrons. The molecule has 0 aliphatic rings. The van der Waals surface area contributed by atoms with E-state index in [1.807, 2.05) is 24.3 Å². The third kappa shape index (κ3) is 4.89. The van der Waals surface area contributed by atoms with Crippen molar-refractivity contribution in [3.8, 4) is 11.5 Å². The second-order valence-corrected chi connectivity index (χ2v) is 6.37. The molecule has 0 aliphatic heterocycles. The van der Waals surface area contributed by atoms with Gasteiger partial charge >= 0.3 is 0 Å². The number of benzene rings is 2. The third-order valence-corrected chi connectivity index (χ3v) is 4.12. The number of ether oxygens (including phenoxy) is 2. The van der Waals surface area contributed by atoms with Gasteiger partial charge in [-0.25, -0.2) is 0 Å². The van der Waals surface area contributed by atoms with Crippen molar-refractivity contribution in [2.45, 2.75) is 19.3 Å². The summed E-state index contributed by atoms with van der Waals surface area (Å²) < 4.78 is 10.6. The number of aliphatic imine (C=N–C) groups is 1. The lowest BCUT2D eigenvalue weighted by atomic mass is 9.85. The van der Waals surface area contributed by atoms with Gasteiger partial charge in [0, 0.05) is 30.8 Å². The number of methoxy groups -OCH3 is 2.